The zero-order chi connectivity index (χ0) is 12.8. The second-order valence-corrected chi connectivity index (χ2v) is 4.50. The fourth-order valence-electron chi connectivity index (χ4n) is 1.04. The normalized spacial score (nSPS) is 11.6. The van der Waals surface area contributed by atoms with Gasteiger partial charge in [0.25, 0.3) is 0 Å². The lowest BCUT2D eigenvalue weighted by Gasteiger charge is -2.09. The van der Waals surface area contributed by atoms with Crippen LogP contribution in [0.1, 0.15) is 6.92 Å². The number of urea groups is 1. The molecule has 0 aliphatic heterocycles. The predicted octanol–water partition coefficient (Wildman–Crippen LogP) is 2.29. The van der Waals surface area contributed by atoms with Gasteiger partial charge in [0, 0.05) is 16.7 Å². The van der Waals surface area contributed by atoms with E-state index in [1.165, 1.54) is 6.92 Å². The number of carboxylic acid groups (broad SMARTS) is 1. The summed E-state index contributed by atoms with van der Waals surface area (Å²) in [6, 6.07) is 6.67. The predicted molar refractivity (Wildman–Crippen MR) is 68.0 cm³/mol. The minimum absolute atomic E-state index is 0.0949. The molecule has 3 N–H and O–H groups in total. The van der Waals surface area contributed by atoms with Gasteiger partial charge in [-0.05, 0) is 24.3 Å². The van der Waals surface area contributed by atoms with E-state index < -0.39 is 17.9 Å². The molecular weight excluding hydrogens is 288 g/mol. The highest BCUT2D eigenvalue weighted by Crippen LogP contribution is 2.13. The summed E-state index contributed by atoms with van der Waals surface area (Å²) in [5.41, 5.74) is 0.647. The van der Waals surface area contributed by atoms with Gasteiger partial charge in [-0.25, -0.2) is 4.79 Å². The van der Waals surface area contributed by atoms with E-state index in [-0.39, 0.29) is 6.54 Å². The molecule has 0 radical (unpaired) electrons. The summed E-state index contributed by atoms with van der Waals surface area (Å²) in [7, 11) is 0. The van der Waals surface area contributed by atoms with Crippen molar-refractivity contribution in [1.29, 1.82) is 0 Å². The summed E-state index contributed by atoms with van der Waals surface area (Å²) in [5, 5.41) is 13.7. The molecule has 92 valence electrons. The largest absolute Gasteiger partial charge is 0.481 e. The quantitative estimate of drug-likeness (QED) is 0.798. The third-order valence-electron chi connectivity index (χ3n) is 2.09. The fraction of sp³-hybridized carbons (Fsp3) is 0.273. The number of carbonyl (C=O) groups is 2. The molecule has 1 atom stereocenters. The van der Waals surface area contributed by atoms with Crippen LogP contribution in [0, 0.1) is 5.92 Å². The number of aliphatic carboxylic acids is 1. The second-order valence-electron chi connectivity index (χ2n) is 3.58. The number of halogens is 1. The van der Waals surface area contributed by atoms with Gasteiger partial charge in [-0.2, -0.15) is 0 Å². The Labute approximate surface area is 107 Å². The Hall–Kier alpha value is -1.56. The fourth-order valence-corrected chi connectivity index (χ4v) is 1.31. The number of rotatable bonds is 4. The molecule has 1 unspecified atom stereocenters. The third kappa shape index (κ3) is 4.86. The molecule has 0 saturated carbocycles. The van der Waals surface area contributed by atoms with E-state index in [1.54, 1.807) is 24.3 Å². The van der Waals surface area contributed by atoms with Gasteiger partial charge in [-0.3, -0.25) is 4.79 Å². The van der Waals surface area contributed by atoms with Gasteiger partial charge in [0.15, 0.2) is 0 Å². The van der Waals surface area contributed by atoms with Crippen LogP contribution in [0.25, 0.3) is 0 Å². The monoisotopic (exact) mass is 300 g/mol. The molecule has 0 aliphatic carbocycles. The lowest BCUT2D eigenvalue weighted by atomic mass is 10.2. The average Bonchev–Trinajstić information content (AvgIpc) is 2.29. The number of benzene rings is 1. The molecule has 1 aromatic carbocycles. The number of carbonyl (C=O) groups excluding carboxylic acids is 1. The van der Waals surface area contributed by atoms with Crippen molar-refractivity contribution in [3.05, 3.63) is 28.7 Å². The number of hydrogen-bond acceptors (Lipinski definition) is 2. The molecule has 0 aliphatic rings. The van der Waals surface area contributed by atoms with Crippen LogP contribution in [0.3, 0.4) is 0 Å². The number of hydrogen-bond donors (Lipinski definition) is 3. The minimum Gasteiger partial charge on any atom is -0.481 e. The average molecular weight is 301 g/mol. The molecule has 1 rings (SSSR count). The first-order valence-electron chi connectivity index (χ1n) is 5.02. The van der Waals surface area contributed by atoms with Gasteiger partial charge in [-0.1, -0.05) is 22.9 Å². The summed E-state index contributed by atoms with van der Waals surface area (Å²) in [6.45, 7) is 1.62. The highest BCUT2D eigenvalue weighted by molar-refractivity contribution is 9.10. The Kier molecular flexibility index (Phi) is 4.96. The lowest BCUT2D eigenvalue weighted by molar-refractivity contribution is -0.140. The van der Waals surface area contributed by atoms with Gasteiger partial charge in [0.05, 0.1) is 5.92 Å². The van der Waals surface area contributed by atoms with Crippen molar-refractivity contribution in [1.82, 2.24) is 5.32 Å². The van der Waals surface area contributed by atoms with Crippen molar-refractivity contribution in [2.75, 3.05) is 11.9 Å². The van der Waals surface area contributed by atoms with Gasteiger partial charge in [0.2, 0.25) is 0 Å². The van der Waals surface area contributed by atoms with Crippen LogP contribution < -0.4 is 10.6 Å². The van der Waals surface area contributed by atoms with Gasteiger partial charge in [-0.15, -0.1) is 0 Å². The van der Waals surface area contributed by atoms with Crippen LogP contribution in [-0.4, -0.2) is 23.7 Å². The molecule has 0 bridgehead atoms. The standard InChI is InChI=1S/C11H13BrN2O3/c1-7(10(15)16)6-13-11(17)14-9-4-2-8(12)3-5-9/h2-5,7H,6H2,1H3,(H,15,16)(H2,13,14,17). The van der Waals surface area contributed by atoms with E-state index in [0.717, 1.165) is 4.47 Å². The Morgan fingerprint density at radius 1 is 1.35 bits per heavy atom. The van der Waals surface area contributed by atoms with Crippen molar-refractivity contribution in [2.24, 2.45) is 5.92 Å². The molecule has 17 heavy (non-hydrogen) atoms. The first-order valence-corrected chi connectivity index (χ1v) is 5.81. The van der Waals surface area contributed by atoms with Crippen LogP contribution >= 0.6 is 15.9 Å². The SMILES string of the molecule is CC(CNC(=O)Nc1ccc(Br)cc1)C(=O)O. The molecule has 1 aromatic rings. The van der Waals surface area contributed by atoms with E-state index in [9.17, 15) is 9.59 Å². The van der Waals surface area contributed by atoms with E-state index in [0.29, 0.717) is 5.69 Å². The summed E-state index contributed by atoms with van der Waals surface area (Å²) in [6.07, 6.45) is 0. The number of nitrogens with one attached hydrogen (secondary N) is 2. The minimum atomic E-state index is -0.936. The van der Waals surface area contributed by atoms with Crippen molar-refractivity contribution >= 4 is 33.6 Å². The Morgan fingerprint density at radius 3 is 2.47 bits per heavy atom. The van der Waals surface area contributed by atoms with Crippen LogP contribution in [0.15, 0.2) is 28.7 Å². The van der Waals surface area contributed by atoms with Crippen molar-refractivity contribution in [3.8, 4) is 0 Å². The van der Waals surface area contributed by atoms with E-state index >= 15 is 0 Å². The third-order valence-corrected chi connectivity index (χ3v) is 2.62. The maximum absolute atomic E-state index is 11.4. The summed E-state index contributed by atoms with van der Waals surface area (Å²) < 4.78 is 0.919. The van der Waals surface area contributed by atoms with Crippen LogP contribution in [-0.2, 0) is 4.79 Å². The van der Waals surface area contributed by atoms with Crippen LogP contribution in [0.4, 0.5) is 10.5 Å². The highest BCUT2D eigenvalue weighted by Gasteiger charge is 2.11. The van der Waals surface area contributed by atoms with Gasteiger partial charge in [0.1, 0.15) is 0 Å². The second kappa shape index (κ2) is 6.24. The summed E-state index contributed by atoms with van der Waals surface area (Å²) in [5.74, 6) is -1.54. The van der Waals surface area contributed by atoms with Crippen molar-refractivity contribution in [3.63, 3.8) is 0 Å². The molecule has 5 nitrogen and oxygen atoms in total. The zero-order valence-electron chi connectivity index (χ0n) is 9.24. The highest BCUT2D eigenvalue weighted by atomic mass is 79.9. The van der Waals surface area contributed by atoms with Gasteiger partial charge < -0.3 is 15.7 Å². The first-order chi connectivity index (χ1) is 7.99. The van der Waals surface area contributed by atoms with Crippen molar-refractivity contribution < 1.29 is 14.7 Å². The molecule has 2 amide bonds. The number of carboxylic acids is 1. The molecule has 0 saturated heterocycles. The first kappa shape index (κ1) is 13.5. The molecule has 6 heteroatoms. The Morgan fingerprint density at radius 2 is 1.94 bits per heavy atom. The van der Waals surface area contributed by atoms with Crippen LogP contribution in [0.2, 0.25) is 0 Å². The number of anilines is 1. The summed E-state index contributed by atoms with van der Waals surface area (Å²) in [4.78, 5) is 21.9. The summed E-state index contributed by atoms with van der Waals surface area (Å²) >= 11 is 3.28. The smallest absolute Gasteiger partial charge is 0.319 e. The number of amides is 2. The molecule has 0 heterocycles. The van der Waals surface area contributed by atoms with Crippen molar-refractivity contribution in [2.45, 2.75) is 6.92 Å². The maximum Gasteiger partial charge on any atom is 0.319 e. The topological polar surface area (TPSA) is 78.4 Å². The molecule has 0 fully saturated rings. The Balaban J connectivity index is 2.39. The van der Waals surface area contributed by atoms with Gasteiger partial charge >= 0.3 is 12.0 Å². The Bertz CT molecular complexity index is 406. The van der Waals surface area contributed by atoms with Crippen LogP contribution in [0.5, 0.6) is 0 Å². The van der Waals surface area contributed by atoms with E-state index in [4.69, 9.17) is 5.11 Å². The molecule has 0 aromatic heterocycles. The molecule has 0 spiro atoms. The lowest BCUT2D eigenvalue weighted by Crippen LogP contribution is -2.34. The van der Waals surface area contributed by atoms with E-state index in [2.05, 4.69) is 26.6 Å². The zero-order valence-corrected chi connectivity index (χ0v) is 10.8. The maximum atomic E-state index is 11.4. The van der Waals surface area contributed by atoms with E-state index in [1.807, 2.05) is 0 Å². The molecular formula is C11H13BrN2O3.